The van der Waals surface area contributed by atoms with E-state index in [1.807, 2.05) is 16.3 Å². The summed E-state index contributed by atoms with van der Waals surface area (Å²) in [6, 6.07) is 5.72. The SMILES string of the molecule is O=C(NCCc1cccs1)N1CCN(Cc2cc(=O)n3ccsc3n2)CC1. The summed E-state index contributed by atoms with van der Waals surface area (Å²) in [7, 11) is 0. The van der Waals surface area contributed by atoms with Crippen LogP contribution in [0.5, 0.6) is 0 Å². The van der Waals surface area contributed by atoms with Crippen LogP contribution in [-0.2, 0) is 13.0 Å². The summed E-state index contributed by atoms with van der Waals surface area (Å²) in [5.74, 6) is 0. The number of urea groups is 1. The molecule has 0 aliphatic carbocycles. The molecule has 27 heavy (non-hydrogen) atoms. The van der Waals surface area contributed by atoms with Gasteiger partial charge in [-0.25, -0.2) is 9.78 Å². The molecule has 0 saturated carbocycles. The first-order valence-corrected chi connectivity index (χ1v) is 10.7. The molecule has 1 aliphatic rings. The Morgan fingerprint density at radius 1 is 1.19 bits per heavy atom. The number of thiophene rings is 1. The Balaban J connectivity index is 1.25. The number of thiazole rings is 1. The lowest BCUT2D eigenvalue weighted by atomic mass is 10.3. The van der Waals surface area contributed by atoms with Gasteiger partial charge in [-0.1, -0.05) is 6.07 Å². The Bertz CT molecular complexity index is 958. The van der Waals surface area contributed by atoms with Crippen LogP contribution in [0.1, 0.15) is 10.6 Å². The van der Waals surface area contributed by atoms with E-state index >= 15 is 0 Å². The summed E-state index contributed by atoms with van der Waals surface area (Å²) in [6.07, 6.45) is 2.62. The van der Waals surface area contributed by atoms with Crippen LogP contribution in [0.4, 0.5) is 4.79 Å². The van der Waals surface area contributed by atoms with Crippen molar-refractivity contribution >= 4 is 33.7 Å². The third kappa shape index (κ3) is 4.37. The molecule has 3 aromatic heterocycles. The van der Waals surface area contributed by atoms with Gasteiger partial charge in [0.25, 0.3) is 5.56 Å². The zero-order valence-corrected chi connectivity index (χ0v) is 16.5. The van der Waals surface area contributed by atoms with Gasteiger partial charge in [0.15, 0.2) is 4.96 Å². The number of fused-ring (bicyclic) bond motifs is 1. The molecular formula is C18H21N5O2S2. The number of amides is 2. The molecule has 0 unspecified atom stereocenters. The molecule has 2 amide bonds. The van der Waals surface area contributed by atoms with Gasteiger partial charge in [-0.15, -0.1) is 22.7 Å². The Labute approximate surface area is 164 Å². The summed E-state index contributed by atoms with van der Waals surface area (Å²) in [4.78, 5) is 35.0. The maximum atomic E-state index is 12.3. The second-order valence-corrected chi connectivity index (χ2v) is 8.37. The number of nitrogens with zero attached hydrogens (tertiary/aromatic N) is 4. The van der Waals surface area contributed by atoms with E-state index in [0.717, 1.165) is 30.2 Å². The zero-order chi connectivity index (χ0) is 18.6. The van der Waals surface area contributed by atoms with E-state index in [1.165, 1.54) is 16.2 Å². The van der Waals surface area contributed by atoms with Crippen molar-refractivity contribution in [2.45, 2.75) is 13.0 Å². The van der Waals surface area contributed by atoms with Crippen LogP contribution in [0.3, 0.4) is 0 Å². The lowest BCUT2D eigenvalue weighted by molar-refractivity contribution is 0.134. The van der Waals surface area contributed by atoms with E-state index in [4.69, 9.17) is 0 Å². The number of piperazine rings is 1. The minimum Gasteiger partial charge on any atom is -0.338 e. The average Bonchev–Trinajstić information content (AvgIpc) is 3.34. The van der Waals surface area contributed by atoms with Gasteiger partial charge >= 0.3 is 6.03 Å². The van der Waals surface area contributed by atoms with E-state index in [1.54, 1.807) is 28.0 Å². The standard InChI is InChI=1S/C18H21N5O2S2/c24-16-12-14(20-18-23(16)9-11-27-18)13-21-5-7-22(8-6-21)17(25)19-4-3-15-2-1-10-26-15/h1-2,9-12H,3-8,13H2,(H,19,25). The second-order valence-electron chi connectivity index (χ2n) is 6.47. The highest BCUT2D eigenvalue weighted by atomic mass is 32.1. The molecule has 0 bridgehead atoms. The van der Waals surface area contributed by atoms with E-state index in [9.17, 15) is 9.59 Å². The summed E-state index contributed by atoms with van der Waals surface area (Å²) < 4.78 is 1.56. The summed E-state index contributed by atoms with van der Waals surface area (Å²) in [6.45, 7) is 4.23. The monoisotopic (exact) mass is 403 g/mol. The molecule has 3 aromatic rings. The summed E-state index contributed by atoms with van der Waals surface area (Å²) >= 11 is 3.17. The molecule has 4 rings (SSSR count). The normalized spacial score (nSPS) is 15.3. The predicted molar refractivity (Wildman–Crippen MR) is 108 cm³/mol. The van der Waals surface area contributed by atoms with E-state index < -0.39 is 0 Å². The fourth-order valence-corrected chi connectivity index (χ4v) is 4.61. The fourth-order valence-electron chi connectivity index (χ4n) is 3.17. The Hall–Kier alpha value is -2.23. The first kappa shape index (κ1) is 18.1. The minimum absolute atomic E-state index is 0.00239. The van der Waals surface area contributed by atoms with Crippen molar-refractivity contribution in [3.63, 3.8) is 0 Å². The Morgan fingerprint density at radius 3 is 2.81 bits per heavy atom. The zero-order valence-electron chi connectivity index (χ0n) is 14.8. The number of aromatic nitrogens is 2. The molecule has 1 N–H and O–H groups in total. The molecule has 0 aromatic carbocycles. The molecule has 1 aliphatic heterocycles. The van der Waals surface area contributed by atoms with Crippen molar-refractivity contribution in [2.24, 2.45) is 0 Å². The molecule has 142 valence electrons. The van der Waals surface area contributed by atoms with Gasteiger partial charge in [-0.05, 0) is 17.9 Å². The molecule has 4 heterocycles. The van der Waals surface area contributed by atoms with E-state index in [-0.39, 0.29) is 11.6 Å². The lowest BCUT2D eigenvalue weighted by Gasteiger charge is -2.34. The van der Waals surface area contributed by atoms with Gasteiger partial charge in [0.2, 0.25) is 0 Å². The Kier molecular flexibility index (Phi) is 5.51. The van der Waals surface area contributed by atoms with Crippen LogP contribution in [0.25, 0.3) is 4.96 Å². The number of hydrogen-bond acceptors (Lipinski definition) is 6. The first-order valence-electron chi connectivity index (χ1n) is 8.92. The van der Waals surface area contributed by atoms with Crippen molar-refractivity contribution in [2.75, 3.05) is 32.7 Å². The van der Waals surface area contributed by atoms with Crippen LogP contribution in [0.2, 0.25) is 0 Å². The third-order valence-corrected chi connectivity index (χ3v) is 6.32. The maximum absolute atomic E-state index is 12.3. The van der Waals surface area contributed by atoms with E-state index in [0.29, 0.717) is 26.2 Å². The molecule has 0 atom stereocenters. The Morgan fingerprint density at radius 2 is 2.04 bits per heavy atom. The quantitative estimate of drug-likeness (QED) is 0.706. The second kappa shape index (κ2) is 8.20. The highest BCUT2D eigenvalue weighted by Crippen LogP contribution is 2.11. The van der Waals surface area contributed by atoms with Gasteiger partial charge in [0.1, 0.15) is 0 Å². The number of nitrogens with one attached hydrogen (secondary N) is 1. The molecule has 9 heteroatoms. The topological polar surface area (TPSA) is 70.0 Å². The van der Waals surface area contributed by atoms with Crippen molar-refractivity contribution in [3.05, 3.63) is 56.1 Å². The lowest BCUT2D eigenvalue weighted by Crippen LogP contribution is -2.51. The van der Waals surface area contributed by atoms with Crippen molar-refractivity contribution in [1.82, 2.24) is 24.5 Å². The molecule has 1 fully saturated rings. The number of rotatable bonds is 5. The number of hydrogen-bond donors (Lipinski definition) is 1. The highest BCUT2D eigenvalue weighted by Gasteiger charge is 2.21. The van der Waals surface area contributed by atoms with Crippen LogP contribution in [-0.4, -0.2) is 57.9 Å². The summed E-state index contributed by atoms with van der Waals surface area (Å²) in [5.41, 5.74) is 0.747. The smallest absolute Gasteiger partial charge is 0.317 e. The largest absolute Gasteiger partial charge is 0.338 e. The van der Waals surface area contributed by atoms with Gasteiger partial charge < -0.3 is 10.2 Å². The minimum atomic E-state index is -0.0417. The molecule has 0 radical (unpaired) electrons. The maximum Gasteiger partial charge on any atom is 0.317 e. The number of carbonyl (C=O) groups excluding carboxylic acids is 1. The van der Waals surface area contributed by atoms with Crippen molar-refractivity contribution in [3.8, 4) is 0 Å². The van der Waals surface area contributed by atoms with Crippen LogP contribution in [0, 0.1) is 0 Å². The number of carbonyl (C=O) groups is 1. The fraction of sp³-hybridized carbons (Fsp3) is 0.389. The highest BCUT2D eigenvalue weighted by molar-refractivity contribution is 7.15. The molecule has 0 spiro atoms. The first-order chi connectivity index (χ1) is 13.2. The van der Waals surface area contributed by atoms with Gasteiger partial charge in [0.05, 0.1) is 5.69 Å². The summed E-state index contributed by atoms with van der Waals surface area (Å²) in [5, 5.41) is 6.92. The predicted octanol–water partition coefficient (Wildman–Crippen LogP) is 1.89. The van der Waals surface area contributed by atoms with E-state index in [2.05, 4.69) is 26.6 Å². The van der Waals surface area contributed by atoms with Crippen LogP contribution < -0.4 is 10.9 Å². The van der Waals surface area contributed by atoms with Gasteiger partial charge in [0, 0.05) is 61.8 Å². The average molecular weight is 404 g/mol. The molecule has 7 nitrogen and oxygen atoms in total. The van der Waals surface area contributed by atoms with Gasteiger partial charge in [-0.2, -0.15) is 0 Å². The molecular weight excluding hydrogens is 382 g/mol. The molecule has 1 saturated heterocycles. The van der Waals surface area contributed by atoms with Crippen LogP contribution in [0.15, 0.2) is 40.0 Å². The van der Waals surface area contributed by atoms with Crippen LogP contribution >= 0.6 is 22.7 Å². The van der Waals surface area contributed by atoms with Gasteiger partial charge in [-0.3, -0.25) is 14.1 Å². The van der Waals surface area contributed by atoms with Crippen molar-refractivity contribution in [1.29, 1.82) is 0 Å². The third-order valence-electron chi connectivity index (χ3n) is 4.63. The van der Waals surface area contributed by atoms with Crippen molar-refractivity contribution < 1.29 is 4.79 Å².